The summed E-state index contributed by atoms with van der Waals surface area (Å²) in [6, 6.07) is 19.6. The molecule has 1 N–H and O–H groups in total. The molecule has 4 aromatic rings. The van der Waals surface area contributed by atoms with Crippen LogP contribution < -0.4 is 15.6 Å². The summed E-state index contributed by atoms with van der Waals surface area (Å²) in [5.74, 6) is 0.877. The second kappa shape index (κ2) is 11.2. The van der Waals surface area contributed by atoms with Crippen molar-refractivity contribution in [1.82, 2.24) is 14.9 Å². The number of benzene rings is 2. The van der Waals surface area contributed by atoms with Crippen molar-refractivity contribution < 1.29 is 9.53 Å². The third kappa shape index (κ3) is 5.58. The molecule has 174 valence electrons. The van der Waals surface area contributed by atoms with Gasteiger partial charge < -0.3 is 10.1 Å². The summed E-state index contributed by atoms with van der Waals surface area (Å²) < 4.78 is 7.35. The summed E-state index contributed by atoms with van der Waals surface area (Å²) in [4.78, 5) is 31.3. The first-order chi connectivity index (χ1) is 16.6. The van der Waals surface area contributed by atoms with Gasteiger partial charge in [-0.1, -0.05) is 60.3 Å². The number of fused-ring (bicyclic) bond motifs is 1. The topological polar surface area (TPSA) is 73.2 Å². The second-order valence-corrected chi connectivity index (χ2v) is 9.52. The van der Waals surface area contributed by atoms with E-state index >= 15 is 0 Å². The number of rotatable bonds is 10. The summed E-state index contributed by atoms with van der Waals surface area (Å²) in [5.41, 5.74) is 2.70. The van der Waals surface area contributed by atoms with Gasteiger partial charge in [0.1, 0.15) is 10.4 Å². The Morgan fingerprint density at radius 1 is 1.21 bits per heavy atom. The largest absolute Gasteiger partial charge is 0.497 e. The maximum atomic E-state index is 13.2. The number of nitrogens with one attached hydrogen (secondary N) is 1. The standard InChI is InChI=1S/C26H25N3O3S2/c1-3-15-29-25(31)24-21(16-22(34-24)19-7-5-4-6-8-19)28-26(29)33-17-23(30)27-14-13-18-9-11-20(32-2)12-10-18/h3-12,16H,1,13-15,17H2,2H3,(H,27,30). The van der Waals surface area contributed by atoms with Gasteiger partial charge in [0.25, 0.3) is 5.56 Å². The van der Waals surface area contributed by atoms with Crippen molar-refractivity contribution in [1.29, 1.82) is 0 Å². The lowest BCUT2D eigenvalue weighted by Gasteiger charge is -2.10. The smallest absolute Gasteiger partial charge is 0.272 e. The maximum Gasteiger partial charge on any atom is 0.272 e. The molecule has 0 radical (unpaired) electrons. The van der Waals surface area contributed by atoms with Gasteiger partial charge >= 0.3 is 0 Å². The third-order valence-electron chi connectivity index (χ3n) is 5.20. The summed E-state index contributed by atoms with van der Waals surface area (Å²) >= 11 is 2.70. The average Bonchev–Trinajstić information content (AvgIpc) is 3.30. The van der Waals surface area contributed by atoms with Crippen molar-refractivity contribution in [2.24, 2.45) is 0 Å². The molecular formula is C26H25N3O3S2. The van der Waals surface area contributed by atoms with Crippen LogP contribution in [-0.4, -0.2) is 34.9 Å². The van der Waals surface area contributed by atoms with Crippen LogP contribution in [0.3, 0.4) is 0 Å². The van der Waals surface area contributed by atoms with E-state index < -0.39 is 0 Å². The normalized spacial score (nSPS) is 10.9. The van der Waals surface area contributed by atoms with Gasteiger partial charge in [-0.05, 0) is 35.7 Å². The maximum absolute atomic E-state index is 13.2. The SMILES string of the molecule is C=CCn1c(SCC(=O)NCCc2ccc(OC)cc2)nc2cc(-c3ccccc3)sc2c1=O. The van der Waals surface area contributed by atoms with E-state index in [1.807, 2.05) is 60.7 Å². The Kier molecular flexibility index (Phi) is 7.82. The number of aromatic nitrogens is 2. The molecule has 2 aromatic heterocycles. The fourth-order valence-electron chi connectivity index (χ4n) is 3.46. The molecular weight excluding hydrogens is 466 g/mol. The van der Waals surface area contributed by atoms with Gasteiger partial charge in [0.05, 0.1) is 18.4 Å². The molecule has 2 aromatic carbocycles. The summed E-state index contributed by atoms with van der Waals surface area (Å²) in [5, 5.41) is 3.45. The average molecular weight is 492 g/mol. The van der Waals surface area contributed by atoms with Crippen molar-refractivity contribution in [3.05, 3.63) is 89.2 Å². The number of hydrogen-bond donors (Lipinski definition) is 1. The Morgan fingerprint density at radius 2 is 1.97 bits per heavy atom. The van der Waals surface area contributed by atoms with Crippen molar-refractivity contribution in [3.63, 3.8) is 0 Å². The van der Waals surface area contributed by atoms with Gasteiger partial charge in [-0.25, -0.2) is 4.98 Å². The zero-order valence-corrected chi connectivity index (χ0v) is 20.5. The molecule has 0 aliphatic carbocycles. The summed E-state index contributed by atoms with van der Waals surface area (Å²) in [7, 11) is 1.63. The molecule has 0 bridgehead atoms. The molecule has 0 fully saturated rings. The molecule has 34 heavy (non-hydrogen) atoms. The van der Waals surface area contributed by atoms with Gasteiger partial charge in [0.15, 0.2) is 5.16 Å². The van der Waals surface area contributed by atoms with E-state index in [0.29, 0.717) is 28.5 Å². The van der Waals surface area contributed by atoms with E-state index in [9.17, 15) is 9.59 Å². The molecule has 0 aliphatic heterocycles. The number of nitrogens with zero attached hydrogens (tertiary/aromatic N) is 2. The molecule has 0 unspecified atom stereocenters. The molecule has 0 saturated heterocycles. The van der Waals surface area contributed by atoms with E-state index in [-0.39, 0.29) is 17.2 Å². The van der Waals surface area contributed by atoms with Crippen molar-refractivity contribution >= 4 is 39.2 Å². The first-order valence-corrected chi connectivity index (χ1v) is 12.6. The van der Waals surface area contributed by atoms with E-state index in [2.05, 4.69) is 11.9 Å². The van der Waals surface area contributed by atoms with E-state index in [0.717, 1.165) is 28.2 Å². The van der Waals surface area contributed by atoms with Crippen molar-refractivity contribution in [3.8, 4) is 16.2 Å². The number of carbonyl (C=O) groups excluding carboxylic acids is 1. The van der Waals surface area contributed by atoms with Crippen LogP contribution in [0.2, 0.25) is 0 Å². The van der Waals surface area contributed by atoms with Crippen LogP contribution in [-0.2, 0) is 17.8 Å². The quantitative estimate of drug-likeness (QED) is 0.197. The zero-order valence-electron chi connectivity index (χ0n) is 18.8. The highest BCUT2D eigenvalue weighted by Gasteiger charge is 2.16. The molecule has 0 aliphatic rings. The third-order valence-corrected chi connectivity index (χ3v) is 7.33. The fourth-order valence-corrected chi connectivity index (χ4v) is 5.34. The Bertz CT molecular complexity index is 1350. The summed E-state index contributed by atoms with van der Waals surface area (Å²) in [6.45, 7) is 4.63. The lowest BCUT2D eigenvalue weighted by molar-refractivity contribution is -0.118. The highest BCUT2D eigenvalue weighted by Crippen LogP contribution is 2.32. The van der Waals surface area contributed by atoms with Crippen LogP contribution in [0.1, 0.15) is 5.56 Å². The zero-order chi connectivity index (χ0) is 23.9. The number of hydrogen-bond acceptors (Lipinski definition) is 6. The molecule has 0 atom stereocenters. The minimum absolute atomic E-state index is 0.103. The minimum atomic E-state index is -0.112. The summed E-state index contributed by atoms with van der Waals surface area (Å²) in [6.07, 6.45) is 2.39. The Hall–Kier alpha value is -3.36. The number of thioether (sulfide) groups is 1. The molecule has 0 spiro atoms. The Morgan fingerprint density at radius 3 is 2.68 bits per heavy atom. The van der Waals surface area contributed by atoms with Gasteiger partial charge in [-0.2, -0.15) is 0 Å². The number of amides is 1. The van der Waals surface area contributed by atoms with Crippen molar-refractivity contribution in [2.75, 3.05) is 19.4 Å². The number of thiophene rings is 1. The number of carbonyl (C=O) groups is 1. The van der Waals surface area contributed by atoms with Gasteiger partial charge in [-0.15, -0.1) is 17.9 Å². The number of methoxy groups -OCH3 is 1. The van der Waals surface area contributed by atoms with Crippen LogP contribution >= 0.6 is 23.1 Å². The second-order valence-electron chi connectivity index (χ2n) is 7.53. The number of allylic oxidation sites excluding steroid dienone is 1. The fraction of sp³-hybridized carbons (Fsp3) is 0.192. The lowest BCUT2D eigenvalue weighted by atomic mass is 10.1. The highest BCUT2D eigenvalue weighted by molar-refractivity contribution is 7.99. The van der Waals surface area contributed by atoms with Gasteiger partial charge in [0, 0.05) is 18.0 Å². The predicted molar refractivity (Wildman–Crippen MR) is 140 cm³/mol. The van der Waals surface area contributed by atoms with E-state index in [1.54, 1.807) is 17.8 Å². The van der Waals surface area contributed by atoms with Crippen LogP contribution in [0.4, 0.5) is 0 Å². The minimum Gasteiger partial charge on any atom is -0.497 e. The van der Waals surface area contributed by atoms with E-state index in [4.69, 9.17) is 9.72 Å². The van der Waals surface area contributed by atoms with Crippen LogP contribution in [0, 0.1) is 0 Å². The Balaban J connectivity index is 1.44. The van der Waals surface area contributed by atoms with E-state index in [1.165, 1.54) is 23.1 Å². The lowest BCUT2D eigenvalue weighted by Crippen LogP contribution is -2.28. The monoisotopic (exact) mass is 491 g/mol. The molecule has 8 heteroatoms. The molecule has 4 rings (SSSR count). The van der Waals surface area contributed by atoms with Gasteiger partial charge in [0.2, 0.25) is 5.91 Å². The predicted octanol–water partition coefficient (Wildman–Crippen LogP) is 4.77. The number of ether oxygens (including phenoxy) is 1. The first-order valence-electron chi connectivity index (χ1n) is 10.8. The first kappa shape index (κ1) is 23.8. The van der Waals surface area contributed by atoms with Crippen LogP contribution in [0.15, 0.2) is 83.3 Å². The van der Waals surface area contributed by atoms with Crippen LogP contribution in [0.25, 0.3) is 20.7 Å². The molecule has 2 heterocycles. The Labute approximate surface area is 206 Å². The molecule has 6 nitrogen and oxygen atoms in total. The van der Waals surface area contributed by atoms with Gasteiger partial charge in [-0.3, -0.25) is 14.2 Å². The highest BCUT2D eigenvalue weighted by atomic mass is 32.2. The van der Waals surface area contributed by atoms with Crippen LogP contribution in [0.5, 0.6) is 5.75 Å². The molecule has 1 amide bonds. The van der Waals surface area contributed by atoms with Crippen molar-refractivity contribution in [2.45, 2.75) is 18.1 Å². The molecule has 0 saturated carbocycles.